The molecule has 0 aliphatic carbocycles. The highest BCUT2D eigenvalue weighted by molar-refractivity contribution is 7.09. The Kier molecular flexibility index (Phi) is 4.16. The number of rotatable bonds is 4. The van der Waals surface area contributed by atoms with Crippen LogP contribution in [0.2, 0.25) is 0 Å². The van der Waals surface area contributed by atoms with Gasteiger partial charge in [0.1, 0.15) is 4.88 Å². The second-order valence-corrected chi connectivity index (χ2v) is 6.41. The maximum Gasteiger partial charge on any atom is 0.245 e. The minimum absolute atomic E-state index is 0.441. The summed E-state index contributed by atoms with van der Waals surface area (Å²) in [5.41, 5.74) is 1.01. The second kappa shape index (κ2) is 6.07. The highest BCUT2D eigenvalue weighted by atomic mass is 32.1. The van der Waals surface area contributed by atoms with Crippen LogP contribution in [0.25, 0.3) is 10.7 Å². The molecule has 3 rings (SSSR count). The number of piperazine rings is 1. The molecule has 0 bridgehead atoms. The summed E-state index contributed by atoms with van der Waals surface area (Å²) in [6.07, 6.45) is 1.97. The lowest BCUT2D eigenvalue weighted by molar-refractivity contribution is 0.403. The van der Waals surface area contributed by atoms with Crippen LogP contribution in [0, 0.1) is 0 Å². The number of anilines is 1. The van der Waals surface area contributed by atoms with Gasteiger partial charge in [0.05, 0.1) is 5.69 Å². The van der Waals surface area contributed by atoms with Gasteiger partial charge in [-0.05, 0) is 31.8 Å². The van der Waals surface area contributed by atoms with Crippen molar-refractivity contribution in [3.63, 3.8) is 0 Å². The number of aromatic amines is 1. The fourth-order valence-electron chi connectivity index (χ4n) is 2.77. The molecule has 0 aromatic carbocycles. The molecule has 2 aromatic rings. The Balaban J connectivity index is 1.81. The van der Waals surface area contributed by atoms with Crippen LogP contribution in [0.3, 0.4) is 0 Å². The van der Waals surface area contributed by atoms with Gasteiger partial charge in [0, 0.05) is 25.2 Å². The molecule has 1 aliphatic heterocycles. The van der Waals surface area contributed by atoms with Crippen molar-refractivity contribution in [3.05, 3.63) is 5.69 Å². The number of aromatic nitrogens is 5. The van der Waals surface area contributed by atoms with E-state index in [0.717, 1.165) is 48.3 Å². The standard InChI is InChI=1S/C13H21N7S/c1-4-5-10-11(21-19-16-10)12-15-13(18-17-12)20-6-8(2)14-9(3)7-20/h8-9,14H,4-7H2,1-3H3,(H,15,17,18). The van der Waals surface area contributed by atoms with E-state index in [0.29, 0.717) is 12.1 Å². The maximum absolute atomic E-state index is 4.65. The zero-order valence-electron chi connectivity index (χ0n) is 12.6. The zero-order valence-corrected chi connectivity index (χ0v) is 13.4. The summed E-state index contributed by atoms with van der Waals surface area (Å²) >= 11 is 1.38. The van der Waals surface area contributed by atoms with Gasteiger partial charge in [0.25, 0.3) is 0 Å². The lowest BCUT2D eigenvalue weighted by atomic mass is 10.1. The summed E-state index contributed by atoms with van der Waals surface area (Å²) < 4.78 is 4.04. The SMILES string of the molecule is CCCc1nnsc1-c1nc(N2CC(C)NC(C)C2)n[nH]1. The lowest BCUT2D eigenvalue weighted by Gasteiger charge is -2.35. The van der Waals surface area contributed by atoms with Crippen LogP contribution in [0.5, 0.6) is 0 Å². The molecule has 0 saturated carbocycles. The average molecular weight is 307 g/mol. The summed E-state index contributed by atoms with van der Waals surface area (Å²) in [5, 5.41) is 15.1. The number of aryl methyl sites for hydroxylation is 1. The predicted octanol–water partition coefficient (Wildman–Crippen LogP) is 1.46. The number of hydrogen-bond donors (Lipinski definition) is 2. The van der Waals surface area contributed by atoms with E-state index >= 15 is 0 Å². The quantitative estimate of drug-likeness (QED) is 0.890. The van der Waals surface area contributed by atoms with Crippen LogP contribution >= 0.6 is 11.5 Å². The van der Waals surface area contributed by atoms with Crippen LogP contribution in [0.15, 0.2) is 0 Å². The summed E-state index contributed by atoms with van der Waals surface area (Å²) in [4.78, 5) is 7.88. The lowest BCUT2D eigenvalue weighted by Crippen LogP contribution is -2.54. The maximum atomic E-state index is 4.65. The first-order valence-electron chi connectivity index (χ1n) is 7.42. The molecule has 0 spiro atoms. The molecule has 2 unspecified atom stereocenters. The highest BCUT2D eigenvalue weighted by Crippen LogP contribution is 2.25. The predicted molar refractivity (Wildman–Crippen MR) is 83.6 cm³/mol. The normalized spacial score (nSPS) is 22.7. The fraction of sp³-hybridized carbons (Fsp3) is 0.692. The van der Waals surface area contributed by atoms with Gasteiger partial charge in [-0.25, -0.2) is 0 Å². The summed E-state index contributed by atoms with van der Waals surface area (Å²) in [6.45, 7) is 8.35. The Morgan fingerprint density at radius 1 is 1.29 bits per heavy atom. The van der Waals surface area contributed by atoms with Gasteiger partial charge >= 0.3 is 0 Å². The molecule has 7 nitrogen and oxygen atoms in total. The number of nitrogens with one attached hydrogen (secondary N) is 2. The van der Waals surface area contributed by atoms with Gasteiger partial charge in [-0.3, -0.25) is 5.10 Å². The first-order chi connectivity index (χ1) is 10.2. The molecule has 0 amide bonds. The summed E-state index contributed by atoms with van der Waals surface area (Å²) in [5.74, 6) is 1.54. The molecule has 1 saturated heterocycles. The fourth-order valence-corrected chi connectivity index (χ4v) is 3.42. The molecule has 0 radical (unpaired) electrons. The van der Waals surface area contributed by atoms with Gasteiger partial charge in [0.15, 0.2) is 5.82 Å². The Labute approximate surface area is 128 Å². The largest absolute Gasteiger partial charge is 0.336 e. The van der Waals surface area contributed by atoms with Crippen molar-refractivity contribution >= 4 is 17.5 Å². The van der Waals surface area contributed by atoms with E-state index in [1.807, 2.05) is 0 Å². The molecular weight excluding hydrogens is 286 g/mol. The average Bonchev–Trinajstić information content (AvgIpc) is 3.06. The molecule has 2 aromatic heterocycles. The minimum Gasteiger partial charge on any atom is -0.336 e. The van der Waals surface area contributed by atoms with Crippen LogP contribution < -0.4 is 10.2 Å². The van der Waals surface area contributed by atoms with E-state index in [-0.39, 0.29) is 0 Å². The van der Waals surface area contributed by atoms with Crippen molar-refractivity contribution in [3.8, 4) is 10.7 Å². The number of nitrogens with zero attached hydrogens (tertiary/aromatic N) is 5. The van der Waals surface area contributed by atoms with Gasteiger partial charge in [0.2, 0.25) is 5.95 Å². The molecule has 114 valence electrons. The molecule has 2 atom stereocenters. The van der Waals surface area contributed by atoms with E-state index in [2.05, 4.69) is 55.8 Å². The van der Waals surface area contributed by atoms with Crippen molar-refractivity contribution in [2.45, 2.75) is 45.7 Å². The molecule has 21 heavy (non-hydrogen) atoms. The Hall–Kier alpha value is -1.54. The Bertz CT molecular complexity index is 583. The smallest absolute Gasteiger partial charge is 0.245 e. The third kappa shape index (κ3) is 3.06. The van der Waals surface area contributed by atoms with Crippen molar-refractivity contribution in [2.75, 3.05) is 18.0 Å². The molecular formula is C13H21N7S. The van der Waals surface area contributed by atoms with Crippen LogP contribution in [0.4, 0.5) is 5.95 Å². The van der Waals surface area contributed by atoms with Crippen LogP contribution in [-0.4, -0.2) is 49.9 Å². The van der Waals surface area contributed by atoms with Gasteiger partial charge in [-0.1, -0.05) is 17.8 Å². The van der Waals surface area contributed by atoms with E-state index < -0.39 is 0 Å². The van der Waals surface area contributed by atoms with Crippen LogP contribution in [-0.2, 0) is 6.42 Å². The first kappa shape index (κ1) is 14.4. The highest BCUT2D eigenvalue weighted by Gasteiger charge is 2.24. The molecule has 3 heterocycles. The van der Waals surface area contributed by atoms with Crippen molar-refractivity contribution in [1.82, 2.24) is 30.1 Å². The van der Waals surface area contributed by atoms with E-state index in [1.165, 1.54) is 11.5 Å². The molecule has 1 aliphatic rings. The van der Waals surface area contributed by atoms with Crippen LogP contribution in [0.1, 0.15) is 32.9 Å². The third-order valence-electron chi connectivity index (χ3n) is 3.57. The van der Waals surface area contributed by atoms with Crippen molar-refractivity contribution in [2.24, 2.45) is 0 Å². The zero-order chi connectivity index (χ0) is 14.8. The molecule has 1 fully saturated rings. The van der Waals surface area contributed by atoms with E-state index in [4.69, 9.17) is 0 Å². The summed E-state index contributed by atoms with van der Waals surface area (Å²) in [7, 11) is 0. The second-order valence-electron chi connectivity index (χ2n) is 5.66. The van der Waals surface area contributed by atoms with Crippen molar-refractivity contribution < 1.29 is 0 Å². The molecule has 2 N–H and O–H groups in total. The van der Waals surface area contributed by atoms with E-state index in [9.17, 15) is 0 Å². The number of H-pyrrole nitrogens is 1. The van der Waals surface area contributed by atoms with Gasteiger partial charge < -0.3 is 10.2 Å². The Morgan fingerprint density at radius 3 is 2.76 bits per heavy atom. The first-order valence-corrected chi connectivity index (χ1v) is 8.19. The number of hydrogen-bond acceptors (Lipinski definition) is 7. The minimum atomic E-state index is 0.441. The van der Waals surface area contributed by atoms with Crippen molar-refractivity contribution in [1.29, 1.82) is 0 Å². The topological polar surface area (TPSA) is 82.6 Å². The van der Waals surface area contributed by atoms with E-state index in [1.54, 1.807) is 0 Å². The third-order valence-corrected chi connectivity index (χ3v) is 4.35. The van der Waals surface area contributed by atoms with Gasteiger partial charge in [-0.15, -0.1) is 10.2 Å². The monoisotopic (exact) mass is 307 g/mol. The molecule has 8 heteroatoms. The Morgan fingerprint density at radius 2 is 2.05 bits per heavy atom. The summed E-state index contributed by atoms with van der Waals surface area (Å²) in [6, 6.07) is 0.882. The van der Waals surface area contributed by atoms with Gasteiger partial charge in [-0.2, -0.15) is 4.98 Å².